The number of fused-ring (bicyclic) bond motifs is 1. The molecule has 15 heavy (non-hydrogen) atoms. The number of thioether (sulfide) groups is 2. The fraction of sp³-hybridized carbons (Fsp3) is 0.364. The molecule has 0 saturated carbocycles. The Labute approximate surface area is 98.2 Å². The maximum atomic E-state index is 8.80. The van der Waals surface area contributed by atoms with Crippen LogP contribution in [-0.4, -0.2) is 27.8 Å². The lowest BCUT2D eigenvalue weighted by Crippen LogP contribution is -2.13. The largest absolute Gasteiger partial charge is 0.396 e. The predicted octanol–water partition coefficient (Wildman–Crippen LogP) is 2.94. The molecule has 0 bridgehead atoms. The van der Waals surface area contributed by atoms with Gasteiger partial charge in [-0.25, -0.2) is 4.99 Å². The Morgan fingerprint density at radius 1 is 1.47 bits per heavy atom. The number of hydrogen-bond acceptors (Lipinski definition) is 4. The van der Waals surface area contributed by atoms with Crippen LogP contribution in [0.3, 0.4) is 0 Å². The molecule has 0 aromatic heterocycles. The average Bonchev–Trinajstić information content (AvgIpc) is 2.26. The second-order valence-corrected chi connectivity index (χ2v) is 5.75. The minimum atomic E-state index is 0.211. The molecular formula is C11H13NOS2. The van der Waals surface area contributed by atoms with Gasteiger partial charge < -0.3 is 5.11 Å². The second kappa shape index (κ2) is 5.05. The van der Waals surface area contributed by atoms with E-state index in [1.54, 1.807) is 11.8 Å². The van der Waals surface area contributed by atoms with E-state index in [1.165, 1.54) is 4.90 Å². The van der Waals surface area contributed by atoms with E-state index >= 15 is 0 Å². The lowest BCUT2D eigenvalue weighted by atomic mass is 10.3. The highest BCUT2D eigenvalue weighted by molar-refractivity contribution is 8.16. The first-order chi connectivity index (χ1) is 7.31. The summed E-state index contributed by atoms with van der Waals surface area (Å²) in [5.41, 5.74) is 1.06. The summed E-state index contributed by atoms with van der Waals surface area (Å²) in [6, 6.07) is 8.19. The molecule has 1 N–H and O–H groups in total. The molecule has 1 aliphatic heterocycles. The SMILES string of the molecule is CC1Sc2ccccc2N=C1SCCO. The van der Waals surface area contributed by atoms with E-state index in [0.717, 1.165) is 16.5 Å². The first-order valence-corrected chi connectivity index (χ1v) is 6.75. The molecule has 0 radical (unpaired) electrons. The third-order valence-corrected chi connectivity index (χ3v) is 4.54. The van der Waals surface area contributed by atoms with Gasteiger partial charge in [-0.1, -0.05) is 12.1 Å². The molecule has 80 valence electrons. The molecule has 4 heteroatoms. The average molecular weight is 239 g/mol. The van der Waals surface area contributed by atoms with Gasteiger partial charge in [0.25, 0.3) is 0 Å². The molecule has 1 aromatic rings. The zero-order chi connectivity index (χ0) is 10.7. The smallest absolute Gasteiger partial charge is 0.0871 e. The summed E-state index contributed by atoms with van der Waals surface area (Å²) in [5.74, 6) is 0.728. The zero-order valence-electron chi connectivity index (χ0n) is 8.51. The summed E-state index contributed by atoms with van der Waals surface area (Å²) >= 11 is 3.49. The van der Waals surface area contributed by atoms with E-state index in [-0.39, 0.29) is 6.61 Å². The van der Waals surface area contributed by atoms with Crippen molar-refractivity contribution in [3.05, 3.63) is 24.3 Å². The minimum Gasteiger partial charge on any atom is -0.396 e. The van der Waals surface area contributed by atoms with E-state index in [0.29, 0.717) is 5.25 Å². The highest BCUT2D eigenvalue weighted by Gasteiger charge is 2.19. The molecule has 1 aliphatic rings. The number of benzene rings is 1. The number of nitrogens with zero attached hydrogens (tertiary/aromatic N) is 1. The molecule has 0 aliphatic carbocycles. The van der Waals surface area contributed by atoms with Crippen LogP contribution >= 0.6 is 23.5 Å². The molecule has 0 fully saturated rings. The van der Waals surface area contributed by atoms with Crippen LogP contribution in [0, 0.1) is 0 Å². The first kappa shape index (κ1) is 11.0. The van der Waals surface area contributed by atoms with E-state index < -0.39 is 0 Å². The third kappa shape index (κ3) is 2.56. The molecule has 1 unspecified atom stereocenters. The Morgan fingerprint density at radius 2 is 2.27 bits per heavy atom. The number of hydrogen-bond donors (Lipinski definition) is 1. The Kier molecular flexibility index (Phi) is 3.72. The van der Waals surface area contributed by atoms with Crippen LogP contribution in [0.2, 0.25) is 0 Å². The minimum absolute atomic E-state index is 0.211. The van der Waals surface area contributed by atoms with Gasteiger partial charge in [0, 0.05) is 10.6 Å². The molecule has 1 aromatic carbocycles. The fourth-order valence-electron chi connectivity index (χ4n) is 1.40. The second-order valence-electron chi connectivity index (χ2n) is 3.25. The van der Waals surface area contributed by atoms with Gasteiger partial charge in [0.2, 0.25) is 0 Å². The summed E-state index contributed by atoms with van der Waals surface area (Å²) in [6.45, 7) is 2.37. The lowest BCUT2D eigenvalue weighted by Gasteiger charge is -2.20. The van der Waals surface area contributed by atoms with Gasteiger partial charge in [-0.05, 0) is 19.1 Å². The molecule has 1 atom stereocenters. The van der Waals surface area contributed by atoms with Crippen LogP contribution in [0.5, 0.6) is 0 Å². The normalized spacial score (nSPS) is 19.6. The number of aliphatic hydroxyl groups is 1. The molecule has 1 heterocycles. The van der Waals surface area contributed by atoms with Gasteiger partial charge in [0.1, 0.15) is 0 Å². The van der Waals surface area contributed by atoms with Gasteiger partial charge >= 0.3 is 0 Å². The van der Waals surface area contributed by atoms with E-state index in [4.69, 9.17) is 5.11 Å². The van der Waals surface area contributed by atoms with Crippen LogP contribution in [0.4, 0.5) is 5.69 Å². The maximum Gasteiger partial charge on any atom is 0.0871 e. The van der Waals surface area contributed by atoms with Crippen molar-refractivity contribution in [3.63, 3.8) is 0 Å². The van der Waals surface area contributed by atoms with Crippen LogP contribution < -0.4 is 0 Å². The highest BCUT2D eigenvalue weighted by Crippen LogP contribution is 2.39. The standard InChI is InChI=1S/C11H13NOS2/c1-8-11(14-7-6-13)12-9-4-2-3-5-10(9)15-8/h2-5,8,13H,6-7H2,1H3. The van der Waals surface area contributed by atoms with Gasteiger partial charge in [-0.15, -0.1) is 23.5 Å². The Balaban J connectivity index is 2.22. The lowest BCUT2D eigenvalue weighted by molar-refractivity contribution is 0.323. The molecule has 0 saturated heterocycles. The number of para-hydroxylation sites is 1. The van der Waals surface area contributed by atoms with Crippen molar-refractivity contribution in [2.75, 3.05) is 12.4 Å². The van der Waals surface area contributed by atoms with Gasteiger partial charge in [0.15, 0.2) is 0 Å². The van der Waals surface area contributed by atoms with Gasteiger partial charge in [0.05, 0.1) is 22.6 Å². The summed E-state index contributed by atoms with van der Waals surface area (Å²) in [4.78, 5) is 5.86. The van der Waals surface area contributed by atoms with Gasteiger partial charge in [-0.2, -0.15) is 0 Å². The summed E-state index contributed by atoms with van der Waals surface area (Å²) in [7, 11) is 0. The van der Waals surface area contributed by atoms with Crippen molar-refractivity contribution in [2.45, 2.75) is 17.1 Å². The van der Waals surface area contributed by atoms with E-state index in [1.807, 2.05) is 30.0 Å². The van der Waals surface area contributed by atoms with Crippen molar-refractivity contribution in [1.82, 2.24) is 0 Å². The van der Waals surface area contributed by atoms with E-state index in [2.05, 4.69) is 18.0 Å². The predicted molar refractivity (Wildman–Crippen MR) is 68.4 cm³/mol. The zero-order valence-corrected chi connectivity index (χ0v) is 10.1. The van der Waals surface area contributed by atoms with Crippen LogP contribution in [0.15, 0.2) is 34.2 Å². The Hall–Kier alpha value is -0.450. The number of aliphatic imine (C=N–C) groups is 1. The third-order valence-electron chi connectivity index (χ3n) is 2.09. The molecule has 2 nitrogen and oxygen atoms in total. The molecule has 0 spiro atoms. The number of rotatable bonds is 2. The topological polar surface area (TPSA) is 32.6 Å². The highest BCUT2D eigenvalue weighted by atomic mass is 32.2. The van der Waals surface area contributed by atoms with Crippen LogP contribution in [-0.2, 0) is 0 Å². The van der Waals surface area contributed by atoms with E-state index in [9.17, 15) is 0 Å². The molecule has 2 rings (SSSR count). The van der Waals surface area contributed by atoms with Crippen LogP contribution in [0.25, 0.3) is 0 Å². The first-order valence-electron chi connectivity index (χ1n) is 4.89. The molecule has 0 amide bonds. The summed E-state index contributed by atoms with van der Waals surface area (Å²) in [5, 5.41) is 10.3. The monoisotopic (exact) mass is 239 g/mol. The molecular weight excluding hydrogens is 226 g/mol. The summed E-state index contributed by atoms with van der Waals surface area (Å²) < 4.78 is 0. The van der Waals surface area contributed by atoms with Crippen molar-refractivity contribution in [3.8, 4) is 0 Å². The van der Waals surface area contributed by atoms with Crippen molar-refractivity contribution < 1.29 is 5.11 Å². The Bertz CT molecular complexity index is 379. The summed E-state index contributed by atoms with van der Waals surface area (Å²) in [6.07, 6.45) is 0. The quantitative estimate of drug-likeness (QED) is 0.861. The van der Waals surface area contributed by atoms with Crippen molar-refractivity contribution in [2.24, 2.45) is 4.99 Å². The van der Waals surface area contributed by atoms with Gasteiger partial charge in [-0.3, -0.25) is 0 Å². The Morgan fingerprint density at radius 3 is 3.07 bits per heavy atom. The number of aliphatic hydroxyl groups excluding tert-OH is 1. The van der Waals surface area contributed by atoms with Crippen molar-refractivity contribution in [1.29, 1.82) is 0 Å². The van der Waals surface area contributed by atoms with Crippen molar-refractivity contribution >= 4 is 34.3 Å². The van der Waals surface area contributed by atoms with Crippen LogP contribution in [0.1, 0.15) is 6.92 Å². The maximum absolute atomic E-state index is 8.80. The fourth-order valence-corrected chi connectivity index (χ4v) is 3.37.